The Bertz CT molecular complexity index is 601. The summed E-state index contributed by atoms with van der Waals surface area (Å²) >= 11 is 0. The van der Waals surface area contributed by atoms with Crippen molar-refractivity contribution in [1.29, 1.82) is 0 Å². The van der Waals surface area contributed by atoms with Crippen LogP contribution < -0.4 is 0 Å². The first-order chi connectivity index (χ1) is 11.8. The maximum absolute atomic E-state index is 12.3. The molecule has 0 aromatic heterocycles. The van der Waals surface area contributed by atoms with Gasteiger partial charge in [0.15, 0.2) is 5.78 Å². The summed E-state index contributed by atoms with van der Waals surface area (Å²) in [6.45, 7) is 3.89. The Kier molecular flexibility index (Phi) is 3.99. The number of hydrogen-bond acceptors (Lipinski definition) is 4. The van der Waals surface area contributed by atoms with E-state index < -0.39 is 23.4 Å². The summed E-state index contributed by atoms with van der Waals surface area (Å²) in [4.78, 5) is 12.3. The number of aliphatic hydroxyl groups is 3. The molecule has 0 aliphatic heterocycles. The van der Waals surface area contributed by atoms with Crippen molar-refractivity contribution in [3.8, 4) is 0 Å². The second-order valence-electron chi connectivity index (χ2n) is 9.62. The number of fused-ring (bicyclic) bond motifs is 5. The molecule has 4 aliphatic rings. The molecule has 0 spiro atoms. The number of rotatable bonds is 2. The van der Waals surface area contributed by atoms with E-state index in [4.69, 9.17) is 0 Å². The highest BCUT2D eigenvalue weighted by atomic mass is 16.3. The lowest BCUT2D eigenvalue weighted by atomic mass is 9.45. The summed E-state index contributed by atoms with van der Waals surface area (Å²) in [5.41, 5.74) is -1.63. The van der Waals surface area contributed by atoms with Crippen molar-refractivity contribution < 1.29 is 20.1 Å². The average Bonchev–Trinajstić information content (AvgIpc) is 2.87. The zero-order valence-corrected chi connectivity index (χ0v) is 15.4. The van der Waals surface area contributed by atoms with Gasteiger partial charge < -0.3 is 15.3 Å². The van der Waals surface area contributed by atoms with E-state index in [1.54, 1.807) is 0 Å². The lowest BCUT2D eigenvalue weighted by Gasteiger charge is -2.60. The maximum atomic E-state index is 12.3. The molecule has 0 amide bonds. The minimum Gasteiger partial charge on any atom is -0.389 e. The maximum Gasteiger partial charge on any atom is 0.190 e. The molecule has 0 aromatic rings. The largest absolute Gasteiger partial charge is 0.389 e. The highest BCUT2D eigenvalue weighted by Gasteiger charge is 2.66. The van der Waals surface area contributed by atoms with Crippen molar-refractivity contribution in [2.24, 2.45) is 34.5 Å². The molecular formula is C21H32O4. The first-order valence-corrected chi connectivity index (χ1v) is 10.0. The summed E-state index contributed by atoms with van der Waals surface area (Å²) in [6, 6.07) is 0. The quantitative estimate of drug-likeness (QED) is 0.670. The van der Waals surface area contributed by atoms with Gasteiger partial charge >= 0.3 is 0 Å². The third-order valence-electron chi connectivity index (χ3n) is 8.92. The van der Waals surface area contributed by atoms with Crippen LogP contribution in [0.15, 0.2) is 12.2 Å². The fourth-order valence-corrected chi connectivity index (χ4v) is 7.39. The second kappa shape index (κ2) is 5.64. The van der Waals surface area contributed by atoms with E-state index in [9.17, 15) is 20.1 Å². The molecule has 4 aliphatic carbocycles. The molecule has 25 heavy (non-hydrogen) atoms. The van der Waals surface area contributed by atoms with Crippen LogP contribution in [-0.2, 0) is 4.79 Å². The van der Waals surface area contributed by atoms with E-state index in [0.717, 1.165) is 38.5 Å². The number of allylic oxidation sites excluding steroid dienone is 1. The lowest BCUT2D eigenvalue weighted by molar-refractivity contribution is -0.167. The zero-order chi connectivity index (χ0) is 18.0. The summed E-state index contributed by atoms with van der Waals surface area (Å²) in [5, 5.41) is 30.6. The van der Waals surface area contributed by atoms with Crippen LogP contribution >= 0.6 is 0 Å². The van der Waals surface area contributed by atoms with E-state index in [-0.39, 0.29) is 11.5 Å². The molecule has 0 bridgehead atoms. The average molecular weight is 348 g/mol. The molecule has 8 atom stereocenters. The first-order valence-electron chi connectivity index (χ1n) is 10.0. The monoisotopic (exact) mass is 348 g/mol. The summed E-state index contributed by atoms with van der Waals surface area (Å²) in [6.07, 6.45) is 10.3. The van der Waals surface area contributed by atoms with Crippen LogP contribution in [0.25, 0.3) is 0 Å². The Hall–Kier alpha value is -0.710. The number of Topliss-reactive ketones (excluding diaryl/α,β-unsaturated/α-hetero) is 1. The Labute approximate surface area is 150 Å². The molecule has 4 heteroatoms. The fraction of sp³-hybridized carbons (Fsp3) is 0.857. The van der Waals surface area contributed by atoms with E-state index in [1.807, 2.05) is 6.08 Å². The Morgan fingerprint density at radius 3 is 2.56 bits per heavy atom. The van der Waals surface area contributed by atoms with Crippen molar-refractivity contribution in [3.63, 3.8) is 0 Å². The van der Waals surface area contributed by atoms with Crippen LogP contribution in [0.2, 0.25) is 0 Å². The van der Waals surface area contributed by atoms with Crippen LogP contribution in [0.3, 0.4) is 0 Å². The molecule has 3 N–H and O–H groups in total. The molecule has 2 unspecified atom stereocenters. The fourth-order valence-electron chi connectivity index (χ4n) is 7.39. The third-order valence-corrected chi connectivity index (χ3v) is 8.92. The van der Waals surface area contributed by atoms with Crippen LogP contribution in [0, 0.1) is 34.5 Å². The van der Waals surface area contributed by atoms with Gasteiger partial charge in [0.1, 0.15) is 12.2 Å². The van der Waals surface area contributed by atoms with Crippen molar-refractivity contribution in [3.05, 3.63) is 12.2 Å². The van der Waals surface area contributed by atoms with E-state index >= 15 is 0 Å². The standard InChI is InChI=1S/C21H32O4/c1-19-8-5-14(23)11-13(19)3-4-15-16(19)6-9-20(2)17(15)7-10-21(20,25)18(24)12-22/h5,8,13-17,22-23,25H,3-4,6-7,9-12H2,1-2H3/t13?,14?,15-,16+,17+,19+,20+,21+/m1/s1. The Balaban J connectivity index is 1.67. The van der Waals surface area contributed by atoms with Gasteiger partial charge in [0.2, 0.25) is 0 Å². The molecule has 3 saturated carbocycles. The highest BCUT2D eigenvalue weighted by molar-refractivity contribution is 5.89. The van der Waals surface area contributed by atoms with Crippen LogP contribution in [0.5, 0.6) is 0 Å². The van der Waals surface area contributed by atoms with Crippen LogP contribution in [0.4, 0.5) is 0 Å². The van der Waals surface area contributed by atoms with Gasteiger partial charge in [-0.25, -0.2) is 0 Å². The van der Waals surface area contributed by atoms with Crippen molar-refractivity contribution in [2.75, 3.05) is 6.61 Å². The predicted octanol–water partition coefficient (Wildman–Crippen LogP) is 2.46. The lowest BCUT2D eigenvalue weighted by Crippen LogP contribution is -2.58. The molecule has 0 aromatic carbocycles. The van der Waals surface area contributed by atoms with Gasteiger partial charge in [0.05, 0.1) is 6.10 Å². The molecule has 3 fully saturated rings. The van der Waals surface area contributed by atoms with Gasteiger partial charge in [-0.05, 0) is 74.0 Å². The number of hydrogen-bond donors (Lipinski definition) is 3. The molecule has 0 saturated heterocycles. The number of aliphatic hydroxyl groups excluding tert-OH is 2. The molecule has 4 rings (SSSR count). The molecule has 140 valence electrons. The summed E-state index contributed by atoms with van der Waals surface area (Å²) in [7, 11) is 0. The van der Waals surface area contributed by atoms with Gasteiger partial charge in [-0.2, -0.15) is 0 Å². The summed E-state index contributed by atoms with van der Waals surface area (Å²) < 4.78 is 0. The molecule has 0 heterocycles. The SMILES string of the molecule is C[C@]12C=CC(O)CC1CC[C@@H]1[C@@H]2CC[C@@]2(C)[C@H]1CC[C@]2(O)C(=O)CO. The molecule has 0 radical (unpaired) electrons. The van der Waals surface area contributed by atoms with Crippen LogP contribution in [0.1, 0.15) is 58.8 Å². The second-order valence-corrected chi connectivity index (χ2v) is 9.62. The summed E-state index contributed by atoms with van der Waals surface area (Å²) in [5.74, 6) is 1.60. The van der Waals surface area contributed by atoms with Gasteiger partial charge in [-0.15, -0.1) is 0 Å². The normalized spacial score (nSPS) is 54.5. The van der Waals surface area contributed by atoms with E-state index in [1.165, 1.54) is 0 Å². The Morgan fingerprint density at radius 1 is 1.12 bits per heavy atom. The van der Waals surface area contributed by atoms with E-state index in [0.29, 0.717) is 30.1 Å². The van der Waals surface area contributed by atoms with E-state index in [2.05, 4.69) is 19.9 Å². The topological polar surface area (TPSA) is 77.8 Å². The molecule has 4 nitrogen and oxygen atoms in total. The number of ketones is 1. The van der Waals surface area contributed by atoms with Gasteiger partial charge in [-0.1, -0.05) is 26.0 Å². The predicted molar refractivity (Wildman–Crippen MR) is 94.7 cm³/mol. The smallest absolute Gasteiger partial charge is 0.190 e. The van der Waals surface area contributed by atoms with Crippen molar-refractivity contribution >= 4 is 5.78 Å². The number of carbonyl (C=O) groups is 1. The van der Waals surface area contributed by atoms with Crippen LogP contribution in [-0.4, -0.2) is 39.4 Å². The zero-order valence-electron chi connectivity index (χ0n) is 15.4. The van der Waals surface area contributed by atoms with Crippen molar-refractivity contribution in [2.45, 2.75) is 70.5 Å². The van der Waals surface area contributed by atoms with Gasteiger partial charge in [-0.3, -0.25) is 4.79 Å². The van der Waals surface area contributed by atoms with Gasteiger partial charge in [0, 0.05) is 5.41 Å². The third kappa shape index (κ3) is 2.20. The number of carbonyl (C=O) groups excluding carboxylic acids is 1. The Morgan fingerprint density at radius 2 is 1.84 bits per heavy atom. The minimum absolute atomic E-state index is 0.130. The first kappa shape index (κ1) is 17.7. The highest BCUT2D eigenvalue weighted by Crippen LogP contribution is 2.67. The minimum atomic E-state index is -1.35. The van der Waals surface area contributed by atoms with Crippen molar-refractivity contribution in [1.82, 2.24) is 0 Å². The van der Waals surface area contributed by atoms with Gasteiger partial charge in [0.25, 0.3) is 0 Å². The molecular weight excluding hydrogens is 316 g/mol.